The Bertz CT molecular complexity index is 1180. The maximum Gasteiger partial charge on any atom is 0.223 e. The number of nitrogens with two attached hydrogens (primary N) is 1. The molecule has 37 heavy (non-hydrogen) atoms. The van der Waals surface area contributed by atoms with E-state index in [0.717, 1.165) is 48.4 Å². The topological polar surface area (TPSA) is 67.6 Å². The number of ether oxygens (including phenoxy) is 1. The van der Waals surface area contributed by atoms with Gasteiger partial charge in [0.15, 0.2) is 0 Å². The van der Waals surface area contributed by atoms with E-state index in [1.165, 1.54) is 11.1 Å². The molecule has 0 radical (unpaired) electrons. The van der Waals surface area contributed by atoms with Gasteiger partial charge in [0.25, 0.3) is 0 Å². The largest absolute Gasteiger partial charge is 0.489 e. The summed E-state index contributed by atoms with van der Waals surface area (Å²) in [6.45, 7) is 9.12. The third-order valence-corrected chi connectivity index (χ3v) is 7.83. The molecule has 5 nitrogen and oxygen atoms in total. The highest BCUT2D eigenvalue weighted by molar-refractivity contribution is 5.78. The van der Waals surface area contributed by atoms with Crippen LogP contribution >= 0.6 is 0 Å². The number of nitrogens with zero attached hydrogens (tertiary/aromatic N) is 1. The molecule has 3 aliphatic rings. The van der Waals surface area contributed by atoms with Crippen LogP contribution in [0.3, 0.4) is 0 Å². The van der Waals surface area contributed by atoms with E-state index in [0.29, 0.717) is 19.1 Å². The molecule has 6 rings (SSSR count). The van der Waals surface area contributed by atoms with Crippen molar-refractivity contribution in [1.29, 1.82) is 0 Å². The van der Waals surface area contributed by atoms with Crippen LogP contribution in [-0.4, -0.2) is 36.7 Å². The standard InChI is InChI=1S/C32H37N3O2/c1-22(2)21-37-27-15-9-14-26(20-34-32-30(31(33)36)25-16-18-35(32)19-17-25)29(27)28(23-10-5-3-6-11-23)24-12-7-4-8-13-24/h3-15,25,28,30,32,34H,1,16-21H2,2H3,(H2,33,36). The van der Waals surface area contributed by atoms with Gasteiger partial charge in [0, 0.05) is 18.0 Å². The first kappa shape index (κ1) is 25.2. The molecular formula is C32H37N3O2. The lowest BCUT2D eigenvalue weighted by Gasteiger charge is -2.50. The number of hydrogen-bond acceptors (Lipinski definition) is 4. The molecule has 3 heterocycles. The molecule has 0 spiro atoms. The van der Waals surface area contributed by atoms with Crippen molar-refractivity contribution in [2.24, 2.45) is 17.6 Å². The van der Waals surface area contributed by atoms with Crippen LogP contribution in [0.2, 0.25) is 0 Å². The molecule has 3 saturated heterocycles. The molecule has 3 aromatic rings. The minimum atomic E-state index is -0.197. The number of nitrogens with one attached hydrogen (secondary N) is 1. The van der Waals surface area contributed by atoms with Crippen molar-refractivity contribution < 1.29 is 9.53 Å². The predicted octanol–water partition coefficient (Wildman–Crippen LogP) is 5.06. The lowest BCUT2D eigenvalue weighted by molar-refractivity contribution is -0.133. The molecule has 1 amide bonds. The van der Waals surface area contributed by atoms with E-state index in [9.17, 15) is 4.79 Å². The zero-order valence-electron chi connectivity index (χ0n) is 21.6. The van der Waals surface area contributed by atoms with Gasteiger partial charge >= 0.3 is 0 Å². The zero-order valence-corrected chi connectivity index (χ0v) is 21.6. The van der Waals surface area contributed by atoms with Gasteiger partial charge in [-0.05, 0) is 67.1 Å². The molecule has 2 atom stereocenters. The molecule has 0 saturated carbocycles. The van der Waals surface area contributed by atoms with Gasteiger partial charge in [-0.3, -0.25) is 15.0 Å². The van der Waals surface area contributed by atoms with Crippen LogP contribution in [-0.2, 0) is 11.3 Å². The van der Waals surface area contributed by atoms with Crippen molar-refractivity contribution in [2.45, 2.75) is 38.4 Å². The number of amides is 1. The summed E-state index contributed by atoms with van der Waals surface area (Å²) in [5.74, 6) is 0.864. The molecule has 3 aromatic carbocycles. The lowest BCUT2D eigenvalue weighted by atomic mass is 9.76. The minimum Gasteiger partial charge on any atom is -0.489 e. The maximum absolute atomic E-state index is 12.4. The van der Waals surface area contributed by atoms with Crippen molar-refractivity contribution in [2.75, 3.05) is 19.7 Å². The van der Waals surface area contributed by atoms with E-state index in [4.69, 9.17) is 10.5 Å². The van der Waals surface area contributed by atoms with Crippen LogP contribution in [0.15, 0.2) is 91.0 Å². The Balaban J connectivity index is 1.55. The minimum absolute atomic E-state index is 0.00410. The molecule has 3 fully saturated rings. The summed E-state index contributed by atoms with van der Waals surface area (Å²) in [5, 5.41) is 3.74. The van der Waals surface area contributed by atoms with Gasteiger partial charge in [0.05, 0.1) is 12.1 Å². The van der Waals surface area contributed by atoms with Gasteiger partial charge in [-0.1, -0.05) is 79.4 Å². The van der Waals surface area contributed by atoms with Gasteiger partial charge in [-0.25, -0.2) is 0 Å². The second-order valence-corrected chi connectivity index (χ2v) is 10.5. The third-order valence-electron chi connectivity index (χ3n) is 7.83. The first-order valence-electron chi connectivity index (χ1n) is 13.3. The van der Waals surface area contributed by atoms with Crippen molar-refractivity contribution >= 4 is 5.91 Å². The van der Waals surface area contributed by atoms with Gasteiger partial charge in [0.2, 0.25) is 5.91 Å². The van der Waals surface area contributed by atoms with Crippen molar-refractivity contribution in [3.8, 4) is 5.75 Å². The maximum atomic E-state index is 12.4. The number of carbonyl (C=O) groups excluding carboxylic acids is 1. The molecule has 2 unspecified atom stereocenters. The van der Waals surface area contributed by atoms with Crippen LogP contribution < -0.4 is 15.8 Å². The van der Waals surface area contributed by atoms with E-state index in [-0.39, 0.29) is 23.9 Å². The smallest absolute Gasteiger partial charge is 0.223 e. The summed E-state index contributed by atoms with van der Waals surface area (Å²) in [6.07, 6.45) is 2.06. The molecule has 5 heteroatoms. The van der Waals surface area contributed by atoms with Crippen LogP contribution in [0.5, 0.6) is 5.75 Å². The average molecular weight is 496 g/mol. The third kappa shape index (κ3) is 5.48. The molecule has 2 bridgehead atoms. The first-order chi connectivity index (χ1) is 18.0. The van der Waals surface area contributed by atoms with E-state index in [1.807, 2.05) is 19.1 Å². The number of carbonyl (C=O) groups is 1. The second-order valence-electron chi connectivity index (χ2n) is 10.5. The Hall–Kier alpha value is -3.41. The van der Waals surface area contributed by atoms with Crippen LogP contribution in [0.1, 0.15) is 47.9 Å². The van der Waals surface area contributed by atoms with E-state index in [1.54, 1.807) is 0 Å². The average Bonchev–Trinajstić information content (AvgIpc) is 2.93. The second kappa shape index (κ2) is 11.3. The van der Waals surface area contributed by atoms with E-state index < -0.39 is 0 Å². The SMILES string of the molecule is C=C(C)COc1cccc(CNC2C(C(N)=O)C3CCN2CC3)c1C(c1ccccc1)c1ccccc1. The van der Waals surface area contributed by atoms with Crippen molar-refractivity contribution in [1.82, 2.24) is 10.2 Å². The van der Waals surface area contributed by atoms with Gasteiger partial charge < -0.3 is 10.5 Å². The van der Waals surface area contributed by atoms with Crippen molar-refractivity contribution in [3.05, 3.63) is 113 Å². The highest BCUT2D eigenvalue weighted by Gasteiger charge is 2.45. The Morgan fingerprint density at radius 1 is 1.00 bits per heavy atom. The summed E-state index contributed by atoms with van der Waals surface area (Å²) >= 11 is 0. The Morgan fingerprint density at radius 2 is 1.62 bits per heavy atom. The molecule has 3 N–H and O–H groups in total. The van der Waals surface area contributed by atoms with Gasteiger partial charge in [-0.15, -0.1) is 0 Å². The summed E-state index contributed by atoms with van der Waals surface area (Å²) in [5.41, 5.74) is 11.6. The molecule has 3 aliphatic heterocycles. The molecular weight excluding hydrogens is 458 g/mol. The molecule has 0 aliphatic carbocycles. The summed E-state index contributed by atoms with van der Waals surface area (Å²) in [7, 11) is 0. The van der Waals surface area contributed by atoms with Crippen LogP contribution in [0.4, 0.5) is 0 Å². The Morgan fingerprint density at radius 3 is 2.19 bits per heavy atom. The fourth-order valence-electron chi connectivity index (χ4n) is 6.11. The number of piperidine rings is 3. The number of hydrogen-bond donors (Lipinski definition) is 2. The van der Waals surface area contributed by atoms with E-state index >= 15 is 0 Å². The van der Waals surface area contributed by atoms with Crippen LogP contribution in [0.25, 0.3) is 0 Å². The Labute approximate surface area is 220 Å². The number of fused-ring (bicyclic) bond motifs is 3. The predicted molar refractivity (Wildman–Crippen MR) is 148 cm³/mol. The van der Waals surface area contributed by atoms with Crippen molar-refractivity contribution in [3.63, 3.8) is 0 Å². The number of rotatable bonds is 10. The quantitative estimate of drug-likeness (QED) is 0.305. The first-order valence-corrected chi connectivity index (χ1v) is 13.3. The normalized spacial score (nSPS) is 22.6. The number of primary amides is 1. The Kier molecular flexibility index (Phi) is 7.73. The summed E-state index contributed by atoms with van der Waals surface area (Å²) in [6, 6.07) is 27.4. The summed E-state index contributed by atoms with van der Waals surface area (Å²) in [4.78, 5) is 14.8. The highest BCUT2D eigenvalue weighted by atomic mass is 16.5. The van der Waals surface area contributed by atoms with Gasteiger partial charge in [0.1, 0.15) is 12.4 Å². The van der Waals surface area contributed by atoms with E-state index in [2.05, 4.69) is 83.5 Å². The fourth-order valence-corrected chi connectivity index (χ4v) is 6.11. The molecule has 192 valence electrons. The fraction of sp³-hybridized carbons (Fsp3) is 0.344. The highest BCUT2D eigenvalue weighted by Crippen LogP contribution is 2.40. The monoisotopic (exact) mass is 495 g/mol. The number of benzene rings is 3. The zero-order chi connectivity index (χ0) is 25.8. The van der Waals surface area contributed by atoms with Gasteiger partial charge in [-0.2, -0.15) is 0 Å². The molecule has 0 aromatic heterocycles. The summed E-state index contributed by atoms with van der Waals surface area (Å²) < 4.78 is 6.35. The lowest BCUT2D eigenvalue weighted by Crippen LogP contribution is -2.63. The van der Waals surface area contributed by atoms with Crippen LogP contribution in [0, 0.1) is 11.8 Å².